The molecule has 0 aliphatic rings. The molecule has 1 N–H and O–H groups in total. The van der Waals surface area contributed by atoms with E-state index in [4.69, 9.17) is 16.9 Å². The quantitative estimate of drug-likeness (QED) is 0.874. The van der Waals surface area contributed by atoms with Gasteiger partial charge in [0.2, 0.25) is 5.91 Å². The van der Waals surface area contributed by atoms with Crippen LogP contribution in [0.1, 0.15) is 11.1 Å². The van der Waals surface area contributed by atoms with E-state index in [0.717, 1.165) is 5.56 Å². The molecule has 0 spiro atoms. The number of benzene rings is 1. The summed E-state index contributed by atoms with van der Waals surface area (Å²) in [5, 5.41) is 13.0. The van der Waals surface area contributed by atoms with Crippen molar-refractivity contribution in [2.24, 2.45) is 0 Å². The molecule has 0 radical (unpaired) electrons. The van der Waals surface area contributed by atoms with Crippen LogP contribution in [0.4, 0.5) is 5.69 Å². The van der Waals surface area contributed by atoms with Gasteiger partial charge in [0.1, 0.15) is 11.1 Å². The van der Waals surface area contributed by atoms with Crippen LogP contribution in [0.2, 0.25) is 5.02 Å². The number of nitrogens with one attached hydrogen (secondary N) is 1. The number of hydrogen-bond acceptors (Lipinski definition) is 4. The minimum atomic E-state index is -0.156. The molecule has 0 unspecified atom stereocenters. The van der Waals surface area contributed by atoms with Crippen LogP contribution in [-0.4, -0.2) is 16.6 Å². The number of thioether (sulfide) groups is 1. The predicted molar refractivity (Wildman–Crippen MR) is 84.5 cm³/mol. The number of amides is 1. The number of nitriles is 1. The van der Waals surface area contributed by atoms with Crippen LogP contribution in [0.5, 0.6) is 0 Å². The van der Waals surface area contributed by atoms with Crippen LogP contribution < -0.4 is 5.32 Å². The van der Waals surface area contributed by atoms with Gasteiger partial charge in [-0.25, -0.2) is 4.98 Å². The minimum Gasteiger partial charge on any atom is -0.325 e. The van der Waals surface area contributed by atoms with Crippen LogP contribution in [0.25, 0.3) is 0 Å². The van der Waals surface area contributed by atoms with Crippen molar-refractivity contribution in [3.63, 3.8) is 0 Å². The predicted octanol–water partition coefficient (Wildman–Crippen LogP) is 3.65. The Morgan fingerprint density at radius 2 is 2.29 bits per heavy atom. The van der Waals surface area contributed by atoms with Crippen molar-refractivity contribution in [3.05, 3.63) is 52.7 Å². The van der Waals surface area contributed by atoms with Crippen molar-refractivity contribution < 1.29 is 4.79 Å². The average Bonchev–Trinajstić information content (AvgIpc) is 2.49. The molecular weight excluding hydrogens is 306 g/mol. The van der Waals surface area contributed by atoms with E-state index in [-0.39, 0.29) is 11.7 Å². The lowest BCUT2D eigenvalue weighted by Gasteiger charge is -2.07. The second-order valence-corrected chi connectivity index (χ2v) is 5.64. The zero-order valence-electron chi connectivity index (χ0n) is 11.3. The van der Waals surface area contributed by atoms with Crippen LogP contribution >= 0.6 is 23.4 Å². The maximum absolute atomic E-state index is 11.9. The highest BCUT2D eigenvalue weighted by Gasteiger charge is 2.08. The molecule has 4 nitrogen and oxygen atoms in total. The Labute approximate surface area is 132 Å². The van der Waals surface area contributed by atoms with Crippen molar-refractivity contribution in [1.82, 2.24) is 4.98 Å². The molecule has 1 aromatic carbocycles. The van der Waals surface area contributed by atoms with Gasteiger partial charge >= 0.3 is 0 Å². The van der Waals surface area contributed by atoms with Gasteiger partial charge in [-0.3, -0.25) is 4.79 Å². The molecule has 1 heterocycles. The number of carbonyl (C=O) groups is 1. The number of pyridine rings is 1. The molecule has 0 atom stereocenters. The molecular formula is C15H12ClN3OS. The third-order valence-electron chi connectivity index (χ3n) is 2.67. The molecule has 0 aliphatic carbocycles. The van der Waals surface area contributed by atoms with E-state index in [9.17, 15) is 4.79 Å². The topological polar surface area (TPSA) is 65.8 Å². The van der Waals surface area contributed by atoms with Crippen molar-refractivity contribution in [1.29, 1.82) is 5.26 Å². The summed E-state index contributed by atoms with van der Waals surface area (Å²) in [4.78, 5) is 16.0. The van der Waals surface area contributed by atoms with Gasteiger partial charge in [0, 0.05) is 16.9 Å². The van der Waals surface area contributed by atoms with Crippen LogP contribution in [-0.2, 0) is 4.79 Å². The maximum atomic E-state index is 11.9. The first-order valence-electron chi connectivity index (χ1n) is 6.14. The minimum absolute atomic E-state index is 0.156. The molecule has 1 aromatic heterocycles. The lowest BCUT2D eigenvalue weighted by Crippen LogP contribution is -2.14. The summed E-state index contributed by atoms with van der Waals surface area (Å²) in [6, 6.07) is 10.7. The number of hydrogen-bond donors (Lipinski definition) is 1. The van der Waals surface area contributed by atoms with Gasteiger partial charge in [0.05, 0.1) is 11.3 Å². The van der Waals surface area contributed by atoms with Crippen LogP contribution in [0.3, 0.4) is 0 Å². The zero-order valence-corrected chi connectivity index (χ0v) is 12.8. The van der Waals surface area contributed by atoms with E-state index < -0.39 is 0 Å². The Bertz CT molecular complexity index is 712. The first-order chi connectivity index (χ1) is 10.1. The van der Waals surface area contributed by atoms with Gasteiger partial charge in [-0.05, 0) is 42.8 Å². The number of halogens is 1. The summed E-state index contributed by atoms with van der Waals surface area (Å²) < 4.78 is 0. The SMILES string of the molecule is Cc1cc(NC(=O)CSc2ncccc2C#N)ccc1Cl. The zero-order chi connectivity index (χ0) is 15.2. The Morgan fingerprint density at radius 3 is 3.00 bits per heavy atom. The van der Waals surface area contributed by atoms with E-state index in [2.05, 4.69) is 16.4 Å². The fraction of sp³-hybridized carbons (Fsp3) is 0.133. The first kappa shape index (κ1) is 15.4. The smallest absolute Gasteiger partial charge is 0.234 e. The molecule has 6 heteroatoms. The molecule has 0 saturated heterocycles. The van der Waals surface area contributed by atoms with Crippen LogP contribution in [0, 0.1) is 18.3 Å². The summed E-state index contributed by atoms with van der Waals surface area (Å²) >= 11 is 7.17. The number of carbonyl (C=O) groups excluding carboxylic acids is 1. The molecule has 21 heavy (non-hydrogen) atoms. The molecule has 2 aromatic rings. The van der Waals surface area contributed by atoms with Gasteiger partial charge in [0.25, 0.3) is 0 Å². The highest BCUT2D eigenvalue weighted by Crippen LogP contribution is 2.21. The third kappa shape index (κ3) is 4.22. The van der Waals surface area contributed by atoms with Gasteiger partial charge in [-0.1, -0.05) is 23.4 Å². The Hall–Kier alpha value is -2.03. The standard InChI is InChI=1S/C15H12ClN3OS/c1-10-7-12(4-5-13(10)16)19-14(20)9-21-15-11(8-17)3-2-6-18-15/h2-7H,9H2,1H3,(H,19,20). The first-order valence-corrected chi connectivity index (χ1v) is 7.50. The van der Waals surface area contributed by atoms with E-state index >= 15 is 0 Å². The summed E-state index contributed by atoms with van der Waals surface area (Å²) in [7, 11) is 0. The number of aromatic nitrogens is 1. The third-order valence-corrected chi connectivity index (χ3v) is 4.10. The molecule has 106 valence electrons. The van der Waals surface area contributed by atoms with Crippen molar-refractivity contribution in [2.45, 2.75) is 11.9 Å². The lowest BCUT2D eigenvalue weighted by molar-refractivity contribution is -0.113. The largest absolute Gasteiger partial charge is 0.325 e. The van der Waals surface area contributed by atoms with Gasteiger partial charge in [-0.2, -0.15) is 5.26 Å². The summed E-state index contributed by atoms with van der Waals surface area (Å²) in [6.07, 6.45) is 1.60. The number of nitrogens with zero attached hydrogens (tertiary/aromatic N) is 2. The van der Waals surface area contributed by atoms with Gasteiger partial charge < -0.3 is 5.32 Å². The van der Waals surface area contributed by atoms with Crippen molar-refractivity contribution in [2.75, 3.05) is 11.1 Å². The number of rotatable bonds is 4. The monoisotopic (exact) mass is 317 g/mol. The number of aryl methyl sites for hydroxylation is 1. The highest BCUT2D eigenvalue weighted by atomic mass is 35.5. The maximum Gasteiger partial charge on any atom is 0.234 e. The lowest BCUT2D eigenvalue weighted by atomic mass is 10.2. The van der Waals surface area contributed by atoms with Crippen LogP contribution in [0.15, 0.2) is 41.6 Å². The molecule has 0 saturated carbocycles. The van der Waals surface area contributed by atoms with Gasteiger partial charge in [0.15, 0.2) is 0 Å². The van der Waals surface area contributed by atoms with E-state index in [1.807, 2.05) is 13.0 Å². The second-order valence-electron chi connectivity index (χ2n) is 4.27. The Kier molecular flexibility index (Phi) is 5.20. The molecule has 0 fully saturated rings. The molecule has 1 amide bonds. The van der Waals surface area contributed by atoms with E-state index in [1.54, 1.807) is 30.5 Å². The number of anilines is 1. The van der Waals surface area contributed by atoms with E-state index in [0.29, 0.717) is 21.3 Å². The van der Waals surface area contributed by atoms with Crippen molar-refractivity contribution >= 4 is 35.0 Å². The van der Waals surface area contributed by atoms with Gasteiger partial charge in [-0.15, -0.1) is 0 Å². The fourth-order valence-electron chi connectivity index (χ4n) is 1.64. The summed E-state index contributed by atoms with van der Waals surface area (Å²) in [5.41, 5.74) is 2.07. The molecule has 0 aliphatic heterocycles. The molecule has 2 rings (SSSR count). The summed E-state index contributed by atoms with van der Waals surface area (Å²) in [6.45, 7) is 1.87. The van der Waals surface area contributed by atoms with Crippen molar-refractivity contribution in [3.8, 4) is 6.07 Å². The fourth-order valence-corrected chi connectivity index (χ4v) is 2.51. The highest BCUT2D eigenvalue weighted by molar-refractivity contribution is 8.00. The molecule has 0 bridgehead atoms. The normalized spacial score (nSPS) is 9.95. The average molecular weight is 318 g/mol. The Morgan fingerprint density at radius 1 is 1.48 bits per heavy atom. The summed E-state index contributed by atoms with van der Waals surface area (Å²) in [5.74, 6) is 0.0316. The van der Waals surface area contributed by atoms with E-state index in [1.165, 1.54) is 11.8 Å². The second kappa shape index (κ2) is 7.11. The Balaban J connectivity index is 1.96.